The molecule has 0 saturated heterocycles. The first-order valence-corrected chi connectivity index (χ1v) is 13.8. The fourth-order valence-corrected chi connectivity index (χ4v) is 5.60. The number of nitrogens with one attached hydrogen (secondary N) is 1. The normalized spacial score (nSPS) is 12.0. The van der Waals surface area contributed by atoms with Gasteiger partial charge in [0.05, 0.1) is 30.7 Å². The summed E-state index contributed by atoms with van der Waals surface area (Å²) in [5.74, 6) is 0.884. The number of fused-ring (bicyclic) bond motifs is 1. The average molecular weight is 537 g/mol. The molecule has 1 unspecified atom stereocenters. The summed E-state index contributed by atoms with van der Waals surface area (Å²) in [6, 6.07) is 14.6. The highest BCUT2D eigenvalue weighted by Gasteiger charge is 2.26. The van der Waals surface area contributed by atoms with E-state index in [0.29, 0.717) is 28.0 Å². The highest BCUT2D eigenvalue weighted by atomic mass is 32.2. The number of carbonyl (C=O) groups excluding carboxylic acids is 1. The maximum Gasteiger partial charge on any atom is 0.212 e. The molecule has 0 spiro atoms. The second-order valence-corrected chi connectivity index (χ2v) is 10.2. The van der Waals surface area contributed by atoms with Crippen LogP contribution in [0.3, 0.4) is 0 Å². The molecule has 0 amide bonds. The van der Waals surface area contributed by atoms with Crippen molar-refractivity contribution >= 4 is 45.1 Å². The van der Waals surface area contributed by atoms with Crippen molar-refractivity contribution in [2.45, 2.75) is 57.1 Å². The molecule has 0 aliphatic carbocycles. The summed E-state index contributed by atoms with van der Waals surface area (Å²) < 4.78 is 11.5. The molecular formula is C30H36N2O5S. The quantitative estimate of drug-likeness (QED) is 0.0866. The van der Waals surface area contributed by atoms with Crippen LogP contribution >= 0.6 is 11.8 Å². The van der Waals surface area contributed by atoms with E-state index < -0.39 is 0 Å². The molecule has 0 aliphatic heterocycles. The number of rotatable bonds is 15. The Labute approximate surface area is 228 Å². The Morgan fingerprint density at radius 2 is 1.76 bits per heavy atom. The third kappa shape index (κ3) is 7.36. The van der Waals surface area contributed by atoms with Crippen LogP contribution in [0.15, 0.2) is 59.8 Å². The van der Waals surface area contributed by atoms with Crippen molar-refractivity contribution in [2.75, 3.05) is 19.7 Å². The van der Waals surface area contributed by atoms with Crippen LogP contribution in [-0.2, 0) is 4.79 Å². The maximum atomic E-state index is 13.1. The average Bonchev–Trinajstić information content (AvgIpc) is 2.96. The number of thioether (sulfide) groups is 1. The molecule has 1 atom stereocenters. The first kappa shape index (κ1) is 29.2. The van der Waals surface area contributed by atoms with E-state index in [1.165, 1.54) is 51.3 Å². The second-order valence-electron chi connectivity index (χ2n) is 9.01. The standard InChI is InChI=1S/C30H36N2O5S/c1-4-5-6-7-8-12-15-26(38-27(33)19-16-21-13-10-9-11-14-21)22-20-25(36-2)28-23(31-34)17-18-24(32-35)29(28)30(22)37-3/h9-11,13-14,16-20,26,31,34H,4-8,12,15H2,1-3H3/b19-16+. The lowest BCUT2D eigenvalue weighted by Crippen LogP contribution is -2.04. The zero-order chi connectivity index (χ0) is 27.3. The first-order chi connectivity index (χ1) is 18.6. The van der Waals surface area contributed by atoms with Crippen LogP contribution in [0, 0.1) is 4.91 Å². The van der Waals surface area contributed by atoms with E-state index in [-0.39, 0.29) is 16.1 Å². The van der Waals surface area contributed by atoms with E-state index in [0.717, 1.165) is 36.8 Å². The number of methoxy groups -OCH3 is 2. The molecule has 0 heterocycles. The Kier molecular flexibility index (Phi) is 11.6. The molecule has 2 N–H and O–H groups in total. The highest BCUT2D eigenvalue weighted by Crippen LogP contribution is 2.50. The van der Waals surface area contributed by atoms with Gasteiger partial charge in [-0.05, 0) is 41.4 Å². The van der Waals surface area contributed by atoms with Crippen molar-refractivity contribution < 1.29 is 19.5 Å². The third-order valence-electron chi connectivity index (χ3n) is 6.49. The third-order valence-corrected chi connectivity index (χ3v) is 7.63. The van der Waals surface area contributed by atoms with E-state index in [9.17, 15) is 14.9 Å². The fourth-order valence-electron chi connectivity index (χ4n) is 4.59. The highest BCUT2D eigenvalue weighted by molar-refractivity contribution is 8.14. The smallest absolute Gasteiger partial charge is 0.212 e. The van der Waals surface area contributed by atoms with Crippen LogP contribution in [-0.4, -0.2) is 24.5 Å². The fraction of sp³-hybridized carbons (Fsp3) is 0.367. The van der Waals surface area contributed by atoms with Crippen molar-refractivity contribution in [3.05, 3.63) is 70.6 Å². The molecule has 202 valence electrons. The predicted molar refractivity (Wildman–Crippen MR) is 157 cm³/mol. The monoisotopic (exact) mass is 536 g/mol. The Hall–Kier alpha value is -3.36. The summed E-state index contributed by atoms with van der Waals surface area (Å²) >= 11 is 1.23. The van der Waals surface area contributed by atoms with Crippen LogP contribution in [0.5, 0.6) is 11.5 Å². The number of nitroso groups, excluding NO2 is 1. The van der Waals surface area contributed by atoms with Crippen molar-refractivity contribution in [3.63, 3.8) is 0 Å². The molecule has 0 fully saturated rings. The summed E-state index contributed by atoms with van der Waals surface area (Å²) in [5.41, 5.74) is 4.39. The molecule has 0 aromatic heterocycles. The predicted octanol–water partition coefficient (Wildman–Crippen LogP) is 8.82. The lowest BCUT2D eigenvalue weighted by Gasteiger charge is -2.23. The number of carbonyl (C=O) groups is 1. The van der Waals surface area contributed by atoms with Crippen molar-refractivity contribution in [1.82, 2.24) is 0 Å². The van der Waals surface area contributed by atoms with E-state index in [4.69, 9.17) is 9.47 Å². The van der Waals surface area contributed by atoms with Crippen LogP contribution < -0.4 is 15.0 Å². The summed E-state index contributed by atoms with van der Waals surface area (Å²) in [6.45, 7) is 2.20. The molecule has 0 radical (unpaired) electrons. The zero-order valence-electron chi connectivity index (χ0n) is 22.2. The van der Waals surface area contributed by atoms with Gasteiger partial charge in [0.15, 0.2) is 0 Å². The summed E-state index contributed by atoms with van der Waals surface area (Å²) in [4.78, 5) is 24.9. The Morgan fingerprint density at radius 3 is 2.42 bits per heavy atom. The lowest BCUT2D eigenvalue weighted by molar-refractivity contribution is -0.107. The number of anilines is 1. The minimum atomic E-state index is -0.243. The Morgan fingerprint density at radius 1 is 1.03 bits per heavy atom. The number of unbranched alkanes of at least 4 members (excludes halogenated alkanes) is 5. The van der Waals surface area contributed by atoms with Crippen molar-refractivity contribution in [2.24, 2.45) is 5.18 Å². The lowest BCUT2D eigenvalue weighted by atomic mass is 9.96. The van der Waals surface area contributed by atoms with Gasteiger partial charge in [0.2, 0.25) is 5.12 Å². The van der Waals surface area contributed by atoms with Gasteiger partial charge in [-0.2, -0.15) is 0 Å². The molecule has 3 aromatic carbocycles. The minimum absolute atomic E-state index is 0.0783. The SMILES string of the molecule is CCCCCCCCC(SC(=O)/C=C/c1ccccc1)c1cc(OC)c2c(NO)ccc(N=O)c2c1OC. The van der Waals surface area contributed by atoms with Gasteiger partial charge >= 0.3 is 0 Å². The number of ether oxygens (including phenoxy) is 2. The van der Waals surface area contributed by atoms with Crippen molar-refractivity contribution in [1.29, 1.82) is 0 Å². The van der Waals surface area contributed by atoms with E-state index in [2.05, 4.69) is 17.6 Å². The molecule has 3 aromatic rings. The molecular weight excluding hydrogens is 500 g/mol. The van der Waals surface area contributed by atoms with E-state index in [1.807, 2.05) is 42.5 Å². The van der Waals surface area contributed by atoms with Crippen molar-refractivity contribution in [3.8, 4) is 11.5 Å². The molecule has 0 saturated carbocycles. The summed E-state index contributed by atoms with van der Waals surface area (Å²) in [6.07, 6.45) is 10.9. The van der Waals surface area contributed by atoms with Crippen LogP contribution in [0.4, 0.5) is 11.4 Å². The second kappa shape index (κ2) is 15.1. The van der Waals surface area contributed by atoms with Gasteiger partial charge in [-0.15, -0.1) is 4.91 Å². The first-order valence-electron chi connectivity index (χ1n) is 13.0. The number of hydrogen-bond acceptors (Lipinski definition) is 8. The van der Waals surface area contributed by atoms with Crippen LogP contribution in [0.1, 0.15) is 68.2 Å². The number of hydrogen-bond donors (Lipinski definition) is 2. The van der Waals surface area contributed by atoms with Gasteiger partial charge in [-0.25, -0.2) is 0 Å². The maximum absolute atomic E-state index is 13.1. The summed E-state index contributed by atoms with van der Waals surface area (Å²) in [7, 11) is 3.05. The topological polar surface area (TPSA) is 97.2 Å². The number of benzene rings is 3. The molecule has 3 rings (SSSR count). The minimum Gasteiger partial charge on any atom is -0.496 e. The van der Waals surface area contributed by atoms with Gasteiger partial charge in [0.1, 0.15) is 17.2 Å². The Bertz CT molecular complexity index is 1250. The van der Waals surface area contributed by atoms with Crippen LogP contribution in [0.25, 0.3) is 16.8 Å². The molecule has 38 heavy (non-hydrogen) atoms. The van der Waals surface area contributed by atoms with Gasteiger partial charge in [0, 0.05) is 10.8 Å². The molecule has 0 aliphatic rings. The van der Waals surface area contributed by atoms with E-state index in [1.54, 1.807) is 12.1 Å². The zero-order valence-corrected chi connectivity index (χ0v) is 23.1. The van der Waals surface area contributed by atoms with Gasteiger partial charge in [-0.1, -0.05) is 93.6 Å². The number of nitrogens with zero attached hydrogens (tertiary/aromatic N) is 1. The summed E-state index contributed by atoms with van der Waals surface area (Å²) in [5, 5.41) is 13.5. The van der Waals surface area contributed by atoms with Gasteiger partial charge < -0.3 is 9.47 Å². The Balaban J connectivity index is 2.03. The van der Waals surface area contributed by atoms with Gasteiger partial charge in [-0.3, -0.25) is 15.5 Å². The van der Waals surface area contributed by atoms with Crippen LogP contribution in [0.2, 0.25) is 0 Å². The largest absolute Gasteiger partial charge is 0.496 e. The van der Waals surface area contributed by atoms with Gasteiger partial charge in [0.25, 0.3) is 0 Å². The van der Waals surface area contributed by atoms with E-state index >= 15 is 0 Å². The molecule has 7 nitrogen and oxygen atoms in total. The molecule has 8 heteroatoms. The molecule has 0 bridgehead atoms.